The maximum atomic E-state index is 12.9. The first-order valence-electron chi connectivity index (χ1n) is 10.2. The quantitative estimate of drug-likeness (QED) is 0.741. The Labute approximate surface area is 168 Å². The van der Waals surface area contributed by atoms with Crippen molar-refractivity contribution in [2.75, 3.05) is 0 Å². The zero-order chi connectivity index (χ0) is 20.3. The van der Waals surface area contributed by atoms with Crippen LogP contribution < -0.4 is 14.8 Å². The minimum absolute atomic E-state index is 0.0815. The summed E-state index contributed by atoms with van der Waals surface area (Å²) in [5, 5.41) is 3.21. The molecule has 1 N–H and O–H groups in total. The largest absolute Gasteiger partial charge is 0.487 e. The van der Waals surface area contributed by atoms with Gasteiger partial charge in [-0.3, -0.25) is 4.79 Å². The van der Waals surface area contributed by atoms with E-state index in [0.29, 0.717) is 0 Å². The van der Waals surface area contributed by atoms with Crippen molar-refractivity contribution in [2.45, 2.75) is 71.6 Å². The number of carbonyl (C=O) groups is 1. The lowest BCUT2D eigenvalue weighted by atomic mass is 9.83. The van der Waals surface area contributed by atoms with Crippen LogP contribution in [0.4, 0.5) is 0 Å². The monoisotopic (exact) mass is 381 g/mol. The molecule has 28 heavy (non-hydrogen) atoms. The summed E-state index contributed by atoms with van der Waals surface area (Å²) in [6, 6.07) is 13.9. The lowest BCUT2D eigenvalue weighted by Crippen LogP contribution is -2.47. The van der Waals surface area contributed by atoms with Gasteiger partial charge in [-0.1, -0.05) is 44.2 Å². The Hall–Kier alpha value is -2.49. The number of aryl methyl sites for hydroxylation is 2. The molecule has 1 amide bonds. The van der Waals surface area contributed by atoms with E-state index in [1.807, 2.05) is 56.3 Å². The van der Waals surface area contributed by atoms with Crippen molar-refractivity contribution >= 4 is 5.91 Å². The second kappa shape index (κ2) is 8.26. The average Bonchev–Trinajstić information content (AvgIpc) is 2.70. The first-order valence-corrected chi connectivity index (χ1v) is 10.2. The van der Waals surface area contributed by atoms with Crippen molar-refractivity contribution in [2.24, 2.45) is 0 Å². The van der Waals surface area contributed by atoms with Gasteiger partial charge in [0.15, 0.2) is 6.10 Å². The molecule has 2 atom stereocenters. The van der Waals surface area contributed by atoms with Crippen LogP contribution in [0.5, 0.6) is 11.5 Å². The molecule has 0 saturated heterocycles. The molecule has 0 fully saturated rings. The highest BCUT2D eigenvalue weighted by Crippen LogP contribution is 2.42. The van der Waals surface area contributed by atoms with Gasteiger partial charge < -0.3 is 14.8 Å². The number of ether oxygens (including phenoxy) is 2. The SMILES string of the molecule is CCC1(CC)CC(NC(=O)C(C)Oc2cc(C)ccc2C)c2ccccc2O1. The molecule has 3 rings (SSSR count). The van der Waals surface area contributed by atoms with Crippen LogP contribution >= 0.6 is 0 Å². The van der Waals surface area contributed by atoms with Crippen LogP contribution in [0.25, 0.3) is 0 Å². The van der Waals surface area contributed by atoms with Crippen molar-refractivity contribution in [3.63, 3.8) is 0 Å². The lowest BCUT2D eigenvalue weighted by molar-refractivity contribution is -0.128. The molecule has 2 aromatic carbocycles. The predicted octanol–water partition coefficient (Wildman–Crippen LogP) is 5.27. The van der Waals surface area contributed by atoms with Crippen molar-refractivity contribution < 1.29 is 14.3 Å². The molecule has 0 saturated carbocycles. The van der Waals surface area contributed by atoms with E-state index >= 15 is 0 Å². The third-order valence-corrected chi connectivity index (χ3v) is 5.82. The number of carbonyl (C=O) groups excluding carboxylic acids is 1. The topological polar surface area (TPSA) is 47.6 Å². The van der Waals surface area contributed by atoms with Gasteiger partial charge in [0.05, 0.1) is 6.04 Å². The highest BCUT2D eigenvalue weighted by molar-refractivity contribution is 5.81. The Balaban J connectivity index is 1.77. The van der Waals surface area contributed by atoms with Gasteiger partial charge in [0.1, 0.15) is 17.1 Å². The normalized spacial score (nSPS) is 18.5. The number of hydrogen-bond acceptors (Lipinski definition) is 3. The first kappa shape index (κ1) is 20.2. The van der Waals surface area contributed by atoms with Crippen molar-refractivity contribution in [3.8, 4) is 11.5 Å². The molecule has 0 aliphatic carbocycles. The van der Waals surface area contributed by atoms with Crippen LogP contribution in [0.15, 0.2) is 42.5 Å². The molecule has 0 radical (unpaired) electrons. The van der Waals surface area contributed by atoms with Gasteiger partial charge in [-0.2, -0.15) is 0 Å². The van der Waals surface area contributed by atoms with Crippen LogP contribution in [0.1, 0.15) is 62.8 Å². The number of nitrogens with one attached hydrogen (secondary N) is 1. The summed E-state index contributed by atoms with van der Waals surface area (Å²) in [4.78, 5) is 12.9. The van der Waals surface area contributed by atoms with Crippen LogP contribution in [-0.4, -0.2) is 17.6 Å². The third kappa shape index (κ3) is 4.16. The summed E-state index contributed by atoms with van der Waals surface area (Å²) in [7, 11) is 0. The number of para-hydroxylation sites is 1. The Morgan fingerprint density at radius 1 is 1.21 bits per heavy atom. The molecule has 2 unspecified atom stereocenters. The summed E-state index contributed by atoms with van der Waals surface area (Å²) in [5.41, 5.74) is 2.93. The second-order valence-corrected chi connectivity index (χ2v) is 7.82. The Kier molecular flexibility index (Phi) is 5.97. The van der Waals surface area contributed by atoms with Crippen molar-refractivity contribution in [1.29, 1.82) is 0 Å². The molecule has 2 aromatic rings. The molecule has 150 valence electrons. The zero-order valence-corrected chi connectivity index (χ0v) is 17.5. The average molecular weight is 382 g/mol. The van der Waals surface area contributed by atoms with Gasteiger partial charge >= 0.3 is 0 Å². The standard InChI is InChI=1S/C24H31NO3/c1-6-24(7-2)15-20(19-10-8-9-11-21(19)28-24)25-23(26)18(5)27-22-14-16(3)12-13-17(22)4/h8-14,18,20H,6-7,15H2,1-5H3,(H,25,26). The lowest BCUT2D eigenvalue weighted by Gasteiger charge is -2.41. The van der Waals surface area contributed by atoms with Gasteiger partial charge in [-0.25, -0.2) is 0 Å². The van der Waals surface area contributed by atoms with E-state index in [-0.39, 0.29) is 17.6 Å². The predicted molar refractivity (Wildman–Crippen MR) is 112 cm³/mol. The van der Waals surface area contributed by atoms with Gasteiger partial charge in [0.2, 0.25) is 0 Å². The van der Waals surface area contributed by atoms with E-state index in [0.717, 1.165) is 47.5 Å². The highest BCUT2D eigenvalue weighted by atomic mass is 16.5. The van der Waals surface area contributed by atoms with Gasteiger partial charge in [0, 0.05) is 12.0 Å². The molecule has 1 aliphatic rings. The van der Waals surface area contributed by atoms with Crippen molar-refractivity contribution in [1.82, 2.24) is 5.32 Å². The van der Waals surface area contributed by atoms with E-state index in [1.54, 1.807) is 6.92 Å². The Bertz CT molecular complexity index is 841. The summed E-state index contributed by atoms with van der Waals surface area (Å²) in [6.07, 6.45) is 1.99. The molecule has 4 heteroatoms. The molecule has 1 heterocycles. The summed E-state index contributed by atoms with van der Waals surface area (Å²) < 4.78 is 12.3. The molecule has 4 nitrogen and oxygen atoms in total. The smallest absolute Gasteiger partial charge is 0.261 e. The third-order valence-electron chi connectivity index (χ3n) is 5.82. The Morgan fingerprint density at radius 3 is 2.64 bits per heavy atom. The molecular weight excluding hydrogens is 350 g/mol. The number of rotatable bonds is 6. The minimum atomic E-state index is -0.576. The molecule has 0 aromatic heterocycles. The fourth-order valence-corrected chi connectivity index (χ4v) is 3.80. The van der Waals surface area contributed by atoms with Crippen molar-refractivity contribution in [3.05, 3.63) is 59.2 Å². The van der Waals surface area contributed by atoms with E-state index in [9.17, 15) is 4.79 Å². The van der Waals surface area contributed by atoms with E-state index in [2.05, 4.69) is 19.2 Å². The second-order valence-electron chi connectivity index (χ2n) is 7.82. The van der Waals surface area contributed by atoms with Crippen LogP contribution in [0, 0.1) is 13.8 Å². The van der Waals surface area contributed by atoms with Crippen LogP contribution in [-0.2, 0) is 4.79 Å². The van der Waals surface area contributed by atoms with E-state index in [1.165, 1.54) is 0 Å². The van der Waals surface area contributed by atoms with E-state index < -0.39 is 6.10 Å². The number of amides is 1. The summed E-state index contributed by atoms with van der Waals surface area (Å²) in [5.74, 6) is 1.51. The first-order chi connectivity index (χ1) is 13.4. The maximum absolute atomic E-state index is 12.9. The van der Waals surface area contributed by atoms with Gasteiger partial charge in [-0.15, -0.1) is 0 Å². The number of hydrogen-bond donors (Lipinski definition) is 1. The molecule has 1 aliphatic heterocycles. The van der Waals surface area contributed by atoms with Gasteiger partial charge in [0.25, 0.3) is 5.91 Å². The molecule has 0 spiro atoms. The summed E-state index contributed by atoms with van der Waals surface area (Å²) >= 11 is 0. The number of benzene rings is 2. The maximum Gasteiger partial charge on any atom is 0.261 e. The fraction of sp³-hybridized carbons (Fsp3) is 0.458. The highest BCUT2D eigenvalue weighted by Gasteiger charge is 2.39. The zero-order valence-electron chi connectivity index (χ0n) is 17.5. The number of fused-ring (bicyclic) bond motifs is 1. The Morgan fingerprint density at radius 2 is 1.93 bits per heavy atom. The fourth-order valence-electron chi connectivity index (χ4n) is 3.80. The van der Waals surface area contributed by atoms with Gasteiger partial charge in [-0.05, 0) is 56.9 Å². The minimum Gasteiger partial charge on any atom is -0.487 e. The van der Waals surface area contributed by atoms with Crippen LogP contribution in [0.3, 0.4) is 0 Å². The molecule has 0 bridgehead atoms. The van der Waals surface area contributed by atoms with Crippen LogP contribution in [0.2, 0.25) is 0 Å². The molecular formula is C24H31NO3. The van der Waals surface area contributed by atoms with E-state index in [4.69, 9.17) is 9.47 Å². The summed E-state index contributed by atoms with van der Waals surface area (Å²) in [6.45, 7) is 10.1.